The van der Waals surface area contributed by atoms with Crippen LogP contribution in [0, 0.1) is 5.41 Å². The zero-order valence-electron chi connectivity index (χ0n) is 17.9. The number of benzene rings is 1. The van der Waals surface area contributed by atoms with E-state index in [1.807, 2.05) is 6.07 Å². The Balaban J connectivity index is 1.02. The van der Waals surface area contributed by atoms with Crippen LogP contribution < -0.4 is 15.1 Å². The summed E-state index contributed by atoms with van der Waals surface area (Å²) in [6.45, 7) is 4.38. The van der Waals surface area contributed by atoms with Crippen LogP contribution in [0.2, 0.25) is 0 Å². The summed E-state index contributed by atoms with van der Waals surface area (Å²) in [5.41, 5.74) is 2.94. The maximum atomic E-state index is 12.6. The summed E-state index contributed by atoms with van der Waals surface area (Å²) in [6.07, 6.45) is 8.03. The molecule has 7 nitrogen and oxygen atoms in total. The monoisotopic (exact) mass is 430 g/mol. The fourth-order valence-electron chi connectivity index (χ4n) is 5.30. The lowest BCUT2D eigenvalue weighted by molar-refractivity contribution is -0.0360. The molecule has 0 amide bonds. The number of anilines is 1. The van der Waals surface area contributed by atoms with Crippen molar-refractivity contribution < 1.29 is 9.15 Å². The third-order valence-corrected chi connectivity index (χ3v) is 6.94. The van der Waals surface area contributed by atoms with E-state index < -0.39 is 0 Å². The number of fused-ring (bicyclic) bond motifs is 1. The van der Waals surface area contributed by atoms with Crippen LogP contribution >= 0.6 is 0 Å². The Bertz CT molecular complexity index is 1170. The quantitative estimate of drug-likeness (QED) is 0.616. The van der Waals surface area contributed by atoms with Crippen LogP contribution in [0.15, 0.2) is 64.3 Å². The van der Waals surface area contributed by atoms with Gasteiger partial charge in [-0.15, -0.1) is 0 Å². The van der Waals surface area contributed by atoms with Gasteiger partial charge in [-0.05, 0) is 36.5 Å². The Kier molecular flexibility index (Phi) is 4.72. The van der Waals surface area contributed by atoms with Crippen molar-refractivity contribution in [2.75, 3.05) is 24.5 Å². The fourth-order valence-corrected chi connectivity index (χ4v) is 5.30. The maximum absolute atomic E-state index is 12.6. The molecule has 7 heteroatoms. The van der Waals surface area contributed by atoms with E-state index in [1.54, 1.807) is 18.5 Å². The van der Waals surface area contributed by atoms with Crippen molar-refractivity contribution in [1.29, 1.82) is 0 Å². The summed E-state index contributed by atoms with van der Waals surface area (Å²) in [5, 5.41) is 0. The first kappa shape index (κ1) is 19.5. The third-order valence-electron chi connectivity index (χ3n) is 6.94. The van der Waals surface area contributed by atoms with Crippen LogP contribution in [0.5, 0.6) is 5.75 Å². The minimum atomic E-state index is -0.0995. The molecular formula is C25H26N4O3. The predicted octanol–water partition coefficient (Wildman–Crippen LogP) is 3.04. The summed E-state index contributed by atoms with van der Waals surface area (Å²) >= 11 is 0. The van der Waals surface area contributed by atoms with Gasteiger partial charge in [-0.2, -0.15) is 0 Å². The molecule has 0 radical (unpaired) electrons. The van der Waals surface area contributed by atoms with E-state index >= 15 is 0 Å². The molecule has 0 unspecified atom stereocenters. The SMILES string of the molecule is O=c1cc(CN2CCc3ccccc3C2)occ1OC1CC2(C1)CN(c1ncccn1)C2. The van der Waals surface area contributed by atoms with Crippen LogP contribution in [-0.4, -0.2) is 40.6 Å². The van der Waals surface area contributed by atoms with Crippen molar-refractivity contribution in [3.63, 3.8) is 0 Å². The van der Waals surface area contributed by atoms with Crippen molar-refractivity contribution in [3.8, 4) is 5.75 Å². The van der Waals surface area contributed by atoms with E-state index in [4.69, 9.17) is 9.15 Å². The molecular weight excluding hydrogens is 404 g/mol. The largest absolute Gasteiger partial charge is 0.483 e. The molecule has 1 aliphatic carbocycles. The van der Waals surface area contributed by atoms with Gasteiger partial charge in [0, 0.05) is 50.1 Å². The van der Waals surface area contributed by atoms with Crippen molar-refractivity contribution in [1.82, 2.24) is 14.9 Å². The van der Waals surface area contributed by atoms with Gasteiger partial charge in [-0.1, -0.05) is 24.3 Å². The molecule has 0 N–H and O–H groups in total. The first-order valence-corrected chi connectivity index (χ1v) is 11.3. The zero-order valence-corrected chi connectivity index (χ0v) is 17.9. The molecule has 2 fully saturated rings. The molecule has 2 aromatic heterocycles. The topological polar surface area (TPSA) is 71.7 Å². The molecule has 0 atom stereocenters. The van der Waals surface area contributed by atoms with Gasteiger partial charge >= 0.3 is 0 Å². The molecule has 1 saturated carbocycles. The molecule has 0 bridgehead atoms. The van der Waals surface area contributed by atoms with Crippen molar-refractivity contribution in [3.05, 3.63) is 82.2 Å². The lowest BCUT2D eigenvalue weighted by Gasteiger charge is -2.58. The first-order valence-electron chi connectivity index (χ1n) is 11.3. The minimum Gasteiger partial charge on any atom is -0.483 e. The second-order valence-electron chi connectivity index (χ2n) is 9.36. The van der Waals surface area contributed by atoms with Crippen LogP contribution in [0.1, 0.15) is 29.7 Å². The van der Waals surface area contributed by atoms with E-state index in [1.165, 1.54) is 17.4 Å². The summed E-state index contributed by atoms with van der Waals surface area (Å²) in [6, 6.07) is 12.0. The van der Waals surface area contributed by atoms with Crippen molar-refractivity contribution >= 4 is 5.95 Å². The molecule has 3 aromatic rings. The summed E-state index contributed by atoms with van der Waals surface area (Å²) in [5.74, 6) is 1.79. The normalized spacial score (nSPS) is 19.8. The third kappa shape index (κ3) is 3.66. The van der Waals surface area contributed by atoms with Gasteiger partial charge in [0.15, 0.2) is 0 Å². The molecule has 32 heavy (non-hydrogen) atoms. The average Bonchev–Trinajstić information content (AvgIpc) is 2.76. The second kappa shape index (κ2) is 7.74. The Labute approximate surface area is 186 Å². The maximum Gasteiger partial charge on any atom is 0.227 e. The fraction of sp³-hybridized carbons (Fsp3) is 0.400. The van der Waals surface area contributed by atoms with E-state index in [0.29, 0.717) is 18.1 Å². The number of hydrogen-bond acceptors (Lipinski definition) is 7. The van der Waals surface area contributed by atoms with Crippen LogP contribution in [0.3, 0.4) is 0 Å². The van der Waals surface area contributed by atoms with Crippen LogP contribution in [-0.2, 0) is 19.5 Å². The molecule has 4 heterocycles. The van der Waals surface area contributed by atoms with Crippen molar-refractivity contribution in [2.45, 2.75) is 38.5 Å². The number of ether oxygens (including phenoxy) is 1. The molecule has 3 aliphatic rings. The van der Waals surface area contributed by atoms with Gasteiger partial charge in [-0.3, -0.25) is 9.69 Å². The first-order chi connectivity index (χ1) is 15.7. The molecule has 6 rings (SSSR count). The van der Waals surface area contributed by atoms with Gasteiger partial charge in [0.1, 0.15) is 18.1 Å². The molecule has 164 valence electrons. The number of rotatable bonds is 5. The van der Waals surface area contributed by atoms with Gasteiger partial charge in [-0.25, -0.2) is 9.97 Å². The van der Waals surface area contributed by atoms with Gasteiger partial charge in [0.25, 0.3) is 0 Å². The average molecular weight is 431 g/mol. The lowest BCUT2D eigenvalue weighted by Crippen LogP contribution is -2.65. The standard InChI is InChI=1S/C25H26N4O3/c30-22-10-20(14-28-9-6-18-4-1-2-5-19(18)13-28)31-15-23(22)32-21-11-25(12-21)16-29(17-25)24-26-7-3-8-27-24/h1-5,7-8,10,15,21H,6,9,11-14,16-17H2. The molecule has 1 aromatic carbocycles. The van der Waals surface area contributed by atoms with E-state index in [9.17, 15) is 4.79 Å². The number of nitrogens with zero attached hydrogens (tertiary/aromatic N) is 4. The number of hydrogen-bond donors (Lipinski definition) is 0. The predicted molar refractivity (Wildman–Crippen MR) is 120 cm³/mol. The van der Waals surface area contributed by atoms with E-state index in [0.717, 1.165) is 51.4 Å². The van der Waals surface area contributed by atoms with Gasteiger partial charge < -0.3 is 14.1 Å². The van der Waals surface area contributed by atoms with E-state index in [2.05, 4.69) is 44.0 Å². The lowest BCUT2D eigenvalue weighted by atomic mass is 9.62. The van der Waals surface area contributed by atoms with Gasteiger partial charge in [0.2, 0.25) is 17.1 Å². The Morgan fingerprint density at radius 2 is 1.88 bits per heavy atom. The molecule has 1 spiro atoms. The highest BCUT2D eigenvalue weighted by Gasteiger charge is 2.54. The summed E-state index contributed by atoms with van der Waals surface area (Å²) < 4.78 is 11.8. The second-order valence-corrected chi connectivity index (χ2v) is 9.36. The summed E-state index contributed by atoms with van der Waals surface area (Å²) in [7, 11) is 0. The Morgan fingerprint density at radius 1 is 1.09 bits per heavy atom. The highest BCUT2D eigenvalue weighted by Crippen LogP contribution is 2.50. The molecule has 1 saturated heterocycles. The van der Waals surface area contributed by atoms with Crippen LogP contribution in [0.25, 0.3) is 0 Å². The van der Waals surface area contributed by atoms with Crippen molar-refractivity contribution in [2.24, 2.45) is 5.41 Å². The smallest absolute Gasteiger partial charge is 0.227 e. The highest BCUT2D eigenvalue weighted by atomic mass is 16.5. The van der Waals surface area contributed by atoms with E-state index in [-0.39, 0.29) is 16.9 Å². The zero-order chi connectivity index (χ0) is 21.5. The van der Waals surface area contributed by atoms with Gasteiger partial charge in [0.05, 0.1) is 6.54 Å². The minimum absolute atomic E-state index is 0.0705. The molecule has 2 aliphatic heterocycles. The summed E-state index contributed by atoms with van der Waals surface area (Å²) in [4.78, 5) is 25.7. The Morgan fingerprint density at radius 3 is 2.66 bits per heavy atom. The van der Waals surface area contributed by atoms with Crippen LogP contribution in [0.4, 0.5) is 5.95 Å². The highest BCUT2D eigenvalue weighted by molar-refractivity contribution is 5.37. The number of aromatic nitrogens is 2. The Hall–Kier alpha value is -3.19.